The first-order valence-electron chi connectivity index (χ1n) is 8.49. The van der Waals surface area contributed by atoms with E-state index in [0.29, 0.717) is 26.4 Å². The van der Waals surface area contributed by atoms with Crippen LogP contribution in [0.15, 0.2) is 41.3 Å². The molecule has 0 unspecified atom stereocenters. The molecule has 10 heteroatoms. The van der Waals surface area contributed by atoms with Gasteiger partial charge in [0, 0.05) is 23.4 Å². The lowest BCUT2D eigenvalue weighted by atomic mass is 10.2. The van der Waals surface area contributed by atoms with E-state index in [-0.39, 0.29) is 24.8 Å². The fraction of sp³-hybridized carbons (Fsp3) is 0.211. The lowest BCUT2D eigenvalue weighted by Crippen LogP contribution is -2.39. The van der Waals surface area contributed by atoms with Crippen LogP contribution in [0.4, 0.5) is 11.4 Å². The molecule has 1 heterocycles. The molecule has 0 spiro atoms. The van der Waals surface area contributed by atoms with Crippen LogP contribution in [0, 0.1) is 0 Å². The number of rotatable bonds is 5. The van der Waals surface area contributed by atoms with Gasteiger partial charge >= 0.3 is 0 Å². The molecule has 1 aliphatic rings. The number of benzene rings is 2. The number of thioether (sulfide) groups is 1. The van der Waals surface area contributed by atoms with E-state index in [2.05, 4.69) is 10.6 Å². The lowest BCUT2D eigenvalue weighted by molar-refractivity contribution is -0.134. The number of halogens is 3. The number of likely N-dealkylation sites (N-methyl/N-ethyl adjacent to an activating group) is 1. The number of amides is 3. The summed E-state index contributed by atoms with van der Waals surface area (Å²) in [5, 5.41) is 5.88. The van der Waals surface area contributed by atoms with Crippen molar-refractivity contribution in [2.24, 2.45) is 0 Å². The van der Waals surface area contributed by atoms with Crippen molar-refractivity contribution in [2.75, 3.05) is 24.2 Å². The zero-order chi connectivity index (χ0) is 21.1. The molecule has 2 aromatic rings. The summed E-state index contributed by atoms with van der Waals surface area (Å²) in [6.45, 7) is -0.203. The Kier molecular flexibility index (Phi) is 6.95. The van der Waals surface area contributed by atoms with E-state index >= 15 is 0 Å². The number of hydrogen-bond donors (Lipinski definition) is 2. The highest BCUT2D eigenvalue weighted by molar-refractivity contribution is 8.01. The highest BCUT2D eigenvalue weighted by Crippen LogP contribution is 2.38. The topological polar surface area (TPSA) is 78.5 Å². The Morgan fingerprint density at radius 3 is 2.55 bits per heavy atom. The van der Waals surface area contributed by atoms with Crippen molar-refractivity contribution in [2.45, 2.75) is 16.6 Å². The van der Waals surface area contributed by atoms with Crippen LogP contribution >= 0.6 is 46.6 Å². The van der Waals surface area contributed by atoms with Gasteiger partial charge in [0.2, 0.25) is 17.7 Å². The van der Waals surface area contributed by atoms with Gasteiger partial charge in [-0.1, -0.05) is 40.9 Å². The van der Waals surface area contributed by atoms with Crippen LogP contribution in [0.1, 0.15) is 6.42 Å². The van der Waals surface area contributed by atoms with Crippen molar-refractivity contribution in [1.29, 1.82) is 0 Å². The van der Waals surface area contributed by atoms with Crippen LogP contribution in [-0.2, 0) is 14.4 Å². The smallest absolute Gasteiger partial charge is 0.244 e. The Hall–Kier alpha value is -1.93. The van der Waals surface area contributed by atoms with Gasteiger partial charge in [-0.05, 0) is 30.3 Å². The van der Waals surface area contributed by atoms with E-state index in [1.54, 1.807) is 36.4 Å². The third-order valence-corrected chi connectivity index (χ3v) is 6.30. The van der Waals surface area contributed by atoms with Gasteiger partial charge in [0.15, 0.2) is 0 Å². The van der Waals surface area contributed by atoms with Crippen LogP contribution in [-0.4, -0.2) is 41.5 Å². The van der Waals surface area contributed by atoms with Crippen molar-refractivity contribution in [3.63, 3.8) is 0 Å². The second-order valence-corrected chi connectivity index (χ2v) is 8.83. The molecule has 0 radical (unpaired) electrons. The maximum atomic E-state index is 12.5. The third kappa shape index (κ3) is 5.36. The van der Waals surface area contributed by atoms with Crippen LogP contribution < -0.4 is 10.6 Å². The van der Waals surface area contributed by atoms with Crippen molar-refractivity contribution < 1.29 is 14.4 Å². The summed E-state index contributed by atoms with van der Waals surface area (Å²) >= 11 is 19.3. The summed E-state index contributed by atoms with van der Waals surface area (Å²) in [7, 11) is 1.50. The van der Waals surface area contributed by atoms with Crippen molar-refractivity contribution >= 4 is 75.7 Å². The summed E-state index contributed by atoms with van der Waals surface area (Å²) < 4.78 is 0. The van der Waals surface area contributed by atoms with E-state index in [4.69, 9.17) is 34.8 Å². The summed E-state index contributed by atoms with van der Waals surface area (Å²) in [5.41, 5.74) is 0.916. The molecule has 2 aromatic carbocycles. The molecule has 0 fully saturated rings. The number of carbonyl (C=O) groups excluding carboxylic acids is 3. The predicted octanol–water partition coefficient (Wildman–Crippen LogP) is 4.55. The van der Waals surface area contributed by atoms with Crippen molar-refractivity contribution in [3.8, 4) is 0 Å². The second-order valence-electron chi connectivity index (χ2n) is 6.33. The highest BCUT2D eigenvalue weighted by Gasteiger charge is 2.30. The van der Waals surface area contributed by atoms with Gasteiger partial charge in [0.25, 0.3) is 0 Å². The zero-order valence-electron chi connectivity index (χ0n) is 15.2. The molecule has 152 valence electrons. The largest absolute Gasteiger partial charge is 0.336 e. The van der Waals surface area contributed by atoms with E-state index in [1.807, 2.05) is 0 Å². The van der Waals surface area contributed by atoms with E-state index in [1.165, 1.54) is 23.7 Å². The van der Waals surface area contributed by atoms with Crippen LogP contribution in [0.3, 0.4) is 0 Å². The molecule has 2 N–H and O–H groups in total. The normalized spacial score (nSPS) is 15.3. The minimum atomic E-state index is -0.598. The summed E-state index contributed by atoms with van der Waals surface area (Å²) in [4.78, 5) is 39.2. The molecule has 3 amide bonds. The Labute approximate surface area is 186 Å². The van der Waals surface area contributed by atoms with Gasteiger partial charge in [-0.2, -0.15) is 0 Å². The van der Waals surface area contributed by atoms with Crippen LogP contribution in [0.5, 0.6) is 0 Å². The van der Waals surface area contributed by atoms with Gasteiger partial charge in [-0.15, -0.1) is 11.8 Å². The number of hydrogen-bond acceptors (Lipinski definition) is 4. The average molecular weight is 473 g/mol. The zero-order valence-corrected chi connectivity index (χ0v) is 18.3. The van der Waals surface area contributed by atoms with Crippen molar-refractivity contribution in [1.82, 2.24) is 4.90 Å². The first kappa shape index (κ1) is 21.8. The Balaban J connectivity index is 1.58. The Morgan fingerprint density at radius 1 is 1.17 bits per heavy atom. The van der Waals surface area contributed by atoms with Gasteiger partial charge in [-0.3, -0.25) is 14.4 Å². The quantitative estimate of drug-likeness (QED) is 0.669. The number of nitrogens with one attached hydrogen (secondary N) is 2. The van der Waals surface area contributed by atoms with Crippen LogP contribution in [0.2, 0.25) is 15.1 Å². The lowest BCUT2D eigenvalue weighted by Gasteiger charge is -2.25. The summed E-state index contributed by atoms with van der Waals surface area (Å²) in [5.74, 6) is -1.06. The van der Waals surface area contributed by atoms with Gasteiger partial charge in [-0.25, -0.2) is 0 Å². The van der Waals surface area contributed by atoms with Crippen LogP contribution in [0.25, 0.3) is 0 Å². The first-order chi connectivity index (χ1) is 13.7. The summed E-state index contributed by atoms with van der Waals surface area (Å²) in [6, 6.07) is 10.0. The van der Waals surface area contributed by atoms with Gasteiger partial charge in [0.05, 0.1) is 33.2 Å². The second kappa shape index (κ2) is 9.26. The van der Waals surface area contributed by atoms with E-state index in [0.717, 1.165) is 4.90 Å². The molecule has 6 nitrogen and oxygen atoms in total. The standard InChI is InChI=1S/C19H16Cl3N3O3S/c1-25(9-16(26)24-18-11(21)3-2-4-12(18)22)17(27)8-15-19(28)23-13-7-10(20)5-6-14(13)29-15/h2-7,15H,8-9H2,1H3,(H,23,28)(H,24,26)/t15-/m1/s1. The molecule has 0 aromatic heterocycles. The van der Waals surface area contributed by atoms with E-state index in [9.17, 15) is 14.4 Å². The minimum Gasteiger partial charge on any atom is -0.336 e. The number of nitrogens with zero attached hydrogens (tertiary/aromatic N) is 1. The number of para-hydroxylation sites is 1. The van der Waals surface area contributed by atoms with Crippen molar-refractivity contribution in [3.05, 3.63) is 51.5 Å². The number of carbonyl (C=O) groups is 3. The molecule has 29 heavy (non-hydrogen) atoms. The molecule has 0 bridgehead atoms. The SMILES string of the molecule is CN(CC(=O)Nc1c(Cl)cccc1Cl)C(=O)C[C@H]1Sc2ccc(Cl)cc2NC1=O. The number of fused-ring (bicyclic) bond motifs is 1. The molecular weight excluding hydrogens is 457 g/mol. The van der Waals surface area contributed by atoms with Gasteiger partial charge in [0.1, 0.15) is 0 Å². The maximum Gasteiger partial charge on any atom is 0.244 e. The first-order valence-corrected chi connectivity index (χ1v) is 10.5. The Bertz CT molecular complexity index is 966. The summed E-state index contributed by atoms with van der Waals surface area (Å²) in [6.07, 6.45) is -0.0464. The number of anilines is 2. The molecule has 0 saturated heterocycles. The molecule has 0 saturated carbocycles. The van der Waals surface area contributed by atoms with Gasteiger partial charge < -0.3 is 15.5 Å². The fourth-order valence-corrected chi connectivity index (χ4v) is 4.42. The Morgan fingerprint density at radius 2 is 1.86 bits per heavy atom. The molecule has 0 aliphatic carbocycles. The minimum absolute atomic E-state index is 0.0464. The molecule has 1 aliphatic heterocycles. The molecular formula is C19H16Cl3N3O3S. The monoisotopic (exact) mass is 471 g/mol. The third-order valence-electron chi connectivity index (χ3n) is 4.15. The fourth-order valence-electron chi connectivity index (χ4n) is 2.67. The molecule has 1 atom stereocenters. The average Bonchev–Trinajstić information content (AvgIpc) is 2.65. The predicted molar refractivity (Wildman–Crippen MR) is 117 cm³/mol. The maximum absolute atomic E-state index is 12.5. The van der Waals surface area contributed by atoms with E-state index < -0.39 is 11.2 Å². The highest BCUT2D eigenvalue weighted by atomic mass is 35.5. The molecule has 3 rings (SSSR count).